The van der Waals surface area contributed by atoms with E-state index in [1.54, 1.807) is 24.3 Å². The SMILES string of the molecule is O=C=Nc1cccc(SC(F)Cl)c1. The summed E-state index contributed by atoms with van der Waals surface area (Å²) < 4.78 is 12.3. The molecule has 1 atom stereocenters. The van der Waals surface area contributed by atoms with Gasteiger partial charge in [-0.1, -0.05) is 29.4 Å². The molecule has 1 aromatic carbocycles. The van der Waals surface area contributed by atoms with Crippen LogP contribution in [-0.2, 0) is 4.79 Å². The number of aliphatic imine (C=N–C) groups is 1. The Morgan fingerprint density at radius 1 is 1.62 bits per heavy atom. The number of isocyanates is 1. The predicted octanol–water partition coefficient (Wildman–Crippen LogP) is 3.24. The van der Waals surface area contributed by atoms with Crippen molar-refractivity contribution in [2.75, 3.05) is 0 Å². The van der Waals surface area contributed by atoms with E-state index in [4.69, 9.17) is 11.6 Å². The Bertz CT molecular complexity index is 339. The van der Waals surface area contributed by atoms with Crippen molar-refractivity contribution in [2.24, 2.45) is 4.99 Å². The van der Waals surface area contributed by atoms with Crippen molar-refractivity contribution in [3.8, 4) is 0 Å². The number of thioether (sulfide) groups is 1. The second kappa shape index (κ2) is 5.02. The van der Waals surface area contributed by atoms with Gasteiger partial charge >= 0.3 is 0 Å². The van der Waals surface area contributed by atoms with Crippen molar-refractivity contribution in [3.05, 3.63) is 24.3 Å². The van der Waals surface area contributed by atoms with E-state index in [2.05, 4.69) is 4.99 Å². The molecule has 0 saturated heterocycles. The van der Waals surface area contributed by atoms with Gasteiger partial charge in [0.1, 0.15) is 0 Å². The molecule has 0 heterocycles. The Labute approximate surface area is 83.8 Å². The van der Waals surface area contributed by atoms with Crippen molar-refractivity contribution in [1.29, 1.82) is 0 Å². The Balaban J connectivity index is 2.85. The Hall–Kier alpha value is -0.830. The molecule has 0 bridgehead atoms. The minimum Gasteiger partial charge on any atom is -0.217 e. The van der Waals surface area contributed by atoms with Crippen LogP contribution in [0.25, 0.3) is 0 Å². The summed E-state index contributed by atoms with van der Waals surface area (Å²) in [5.74, 6) is 0. The fourth-order valence-corrected chi connectivity index (χ4v) is 1.64. The van der Waals surface area contributed by atoms with Crippen molar-refractivity contribution in [2.45, 2.75) is 9.86 Å². The summed E-state index contributed by atoms with van der Waals surface area (Å²) in [5.41, 5.74) is 0.442. The molecule has 0 aliphatic heterocycles. The lowest BCUT2D eigenvalue weighted by Gasteiger charge is -1.99. The summed E-state index contributed by atoms with van der Waals surface area (Å²) >= 11 is 5.98. The third-order valence-electron chi connectivity index (χ3n) is 1.22. The molecule has 0 aliphatic rings. The van der Waals surface area contributed by atoms with Gasteiger partial charge in [-0.3, -0.25) is 0 Å². The van der Waals surface area contributed by atoms with E-state index in [1.165, 1.54) is 6.08 Å². The highest BCUT2D eigenvalue weighted by molar-refractivity contribution is 8.00. The van der Waals surface area contributed by atoms with Crippen LogP contribution in [0.3, 0.4) is 0 Å². The second-order valence-corrected chi connectivity index (χ2v) is 3.84. The summed E-state index contributed by atoms with van der Waals surface area (Å²) in [7, 11) is 0. The number of halogens is 2. The first-order chi connectivity index (χ1) is 6.22. The van der Waals surface area contributed by atoms with Crippen LogP contribution in [0.4, 0.5) is 10.1 Å². The molecule has 1 unspecified atom stereocenters. The second-order valence-electron chi connectivity index (χ2n) is 2.08. The molecule has 0 spiro atoms. The number of benzene rings is 1. The average molecular weight is 218 g/mol. The van der Waals surface area contributed by atoms with Crippen molar-refractivity contribution in [1.82, 2.24) is 0 Å². The van der Waals surface area contributed by atoms with E-state index in [9.17, 15) is 9.18 Å². The van der Waals surface area contributed by atoms with Crippen molar-refractivity contribution >= 4 is 35.1 Å². The predicted molar refractivity (Wildman–Crippen MR) is 50.8 cm³/mol. The zero-order valence-corrected chi connectivity index (χ0v) is 7.98. The Morgan fingerprint density at radius 3 is 3.00 bits per heavy atom. The van der Waals surface area contributed by atoms with Gasteiger partial charge in [-0.2, -0.15) is 4.99 Å². The molecule has 5 heteroatoms. The number of alkyl halides is 2. The Morgan fingerprint density at radius 2 is 2.38 bits per heavy atom. The topological polar surface area (TPSA) is 29.4 Å². The van der Waals surface area contributed by atoms with Crippen LogP contribution in [0, 0.1) is 0 Å². The third-order valence-corrected chi connectivity index (χ3v) is 2.19. The van der Waals surface area contributed by atoms with Gasteiger partial charge in [-0.15, -0.1) is 0 Å². The van der Waals surface area contributed by atoms with Gasteiger partial charge in [0.25, 0.3) is 0 Å². The van der Waals surface area contributed by atoms with E-state index in [0.717, 1.165) is 11.8 Å². The summed E-state index contributed by atoms with van der Waals surface area (Å²) in [5, 5.41) is 0. The molecule has 0 radical (unpaired) electrons. The molecule has 68 valence electrons. The maximum absolute atomic E-state index is 12.3. The molecule has 0 amide bonds. The lowest BCUT2D eigenvalue weighted by molar-refractivity contribution is 0.560. The van der Waals surface area contributed by atoms with E-state index >= 15 is 0 Å². The third kappa shape index (κ3) is 3.59. The highest BCUT2D eigenvalue weighted by Crippen LogP contribution is 2.29. The molecule has 0 aromatic heterocycles. The maximum atomic E-state index is 12.3. The van der Waals surface area contributed by atoms with Crippen LogP contribution < -0.4 is 0 Å². The van der Waals surface area contributed by atoms with Gasteiger partial charge in [0.2, 0.25) is 11.0 Å². The first kappa shape index (κ1) is 10.3. The fraction of sp³-hybridized carbons (Fsp3) is 0.125. The van der Waals surface area contributed by atoms with E-state index in [-0.39, 0.29) is 0 Å². The highest BCUT2D eigenvalue weighted by atomic mass is 35.5. The number of hydrogen-bond acceptors (Lipinski definition) is 3. The molecule has 0 fully saturated rings. The largest absolute Gasteiger partial charge is 0.240 e. The van der Waals surface area contributed by atoms with Crippen LogP contribution in [-0.4, -0.2) is 11.0 Å². The molecule has 1 rings (SSSR count). The van der Waals surface area contributed by atoms with Gasteiger partial charge in [0.15, 0.2) is 0 Å². The first-order valence-electron chi connectivity index (χ1n) is 3.35. The number of carbonyl (C=O) groups excluding carboxylic acids is 1. The van der Waals surface area contributed by atoms with Crippen LogP contribution in [0.15, 0.2) is 34.2 Å². The fourth-order valence-electron chi connectivity index (χ4n) is 0.782. The maximum Gasteiger partial charge on any atom is 0.240 e. The van der Waals surface area contributed by atoms with Crippen molar-refractivity contribution in [3.63, 3.8) is 0 Å². The molecule has 1 aromatic rings. The zero-order valence-electron chi connectivity index (χ0n) is 6.41. The normalized spacial score (nSPS) is 11.8. The minimum atomic E-state index is -1.49. The summed E-state index contributed by atoms with van der Waals surface area (Å²) in [6.07, 6.45) is 1.40. The van der Waals surface area contributed by atoms with Crippen LogP contribution in [0.5, 0.6) is 0 Å². The molecule has 0 N–H and O–H groups in total. The van der Waals surface area contributed by atoms with Gasteiger partial charge < -0.3 is 0 Å². The smallest absolute Gasteiger partial charge is 0.217 e. The molecular formula is C8H5ClFNOS. The monoisotopic (exact) mass is 217 g/mol. The first-order valence-corrected chi connectivity index (χ1v) is 4.67. The van der Waals surface area contributed by atoms with E-state index in [0.29, 0.717) is 10.6 Å². The van der Waals surface area contributed by atoms with Crippen LogP contribution in [0.1, 0.15) is 0 Å². The molecule has 2 nitrogen and oxygen atoms in total. The molecule has 0 saturated carbocycles. The average Bonchev–Trinajstić information content (AvgIpc) is 2.04. The van der Waals surface area contributed by atoms with Crippen LogP contribution >= 0.6 is 23.4 Å². The van der Waals surface area contributed by atoms with Crippen LogP contribution in [0.2, 0.25) is 0 Å². The quantitative estimate of drug-likeness (QED) is 0.337. The highest BCUT2D eigenvalue weighted by Gasteiger charge is 2.03. The van der Waals surface area contributed by atoms with E-state index < -0.39 is 4.96 Å². The summed E-state index contributed by atoms with van der Waals surface area (Å²) in [6.45, 7) is 0. The van der Waals surface area contributed by atoms with Gasteiger partial charge in [0, 0.05) is 4.90 Å². The minimum absolute atomic E-state index is 0.442. The number of rotatable bonds is 3. The zero-order chi connectivity index (χ0) is 9.68. The molecule has 0 aliphatic carbocycles. The van der Waals surface area contributed by atoms with Gasteiger partial charge in [-0.05, 0) is 18.2 Å². The lowest BCUT2D eigenvalue weighted by atomic mass is 10.3. The Kier molecular flexibility index (Phi) is 3.96. The van der Waals surface area contributed by atoms with E-state index in [1.807, 2.05) is 0 Å². The number of hydrogen-bond donors (Lipinski definition) is 0. The molecular weight excluding hydrogens is 213 g/mol. The number of nitrogens with zero attached hydrogens (tertiary/aromatic N) is 1. The van der Waals surface area contributed by atoms with Crippen molar-refractivity contribution < 1.29 is 9.18 Å². The standard InChI is InChI=1S/C8H5ClFNOS/c9-8(10)13-7-3-1-2-6(4-7)11-5-12/h1-4,8H. The lowest BCUT2D eigenvalue weighted by Crippen LogP contribution is -1.78. The summed E-state index contributed by atoms with van der Waals surface area (Å²) in [6, 6.07) is 6.53. The molecule has 13 heavy (non-hydrogen) atoms. The van der Waals surface area contributed by atoms with Gasteiger partial charge in [-0.25, -0.2) is 9.18 Å². The van der Waals surface area contributed by atoms with Gasteiger partial charge in [0.05, 0.1) is 5.69 Å². The summed E-state index contributed by atoms with van der Waals surface area (Å²) in [4.78, 5) is 12.4.